The smallest absolute Gasteiger partial charge is 0.306 e. The Morgan fingerprint density at radius 3 is 2.24 bits per heavy atom. The minimum Gasteiger partial charge on any atom is -0.461 e. The summed E-state index contributed by atoms with van der Waals surface area (Å²) in [5.41, 5.74) is 2.55. The van der Waals surface area contributed by atoms with Gasteiger partial charge >= 0.3 is 5.97 Å². The lowest BCUT2D eigenvalue weighted by molar-refractivity contribution is -0.142. The lowest BCUT2D eigenvalue weighted by atomic mass is 10.1. The molecule has 0 aromatic heterocycles. The van der Waals surface area contributed by atoms with E-state index >= 15 is 0 Å². The summed E-state index contributed by atoms with van der Waals surface area (Å²) in [5.74, 6) is 0.632. The zero-order valence-corrected chi connectivity index (χ0v) is 16.1. The predicted octanol–water partition coefficient (Wildman–Crippen LogP) is 3.98. The Labute approximate surface area is 159 Å². The first kappa shape index (κ1) is 21.5. The molecule has 0 aliphatic heterocycles. The number of benzene rings is 1. The van der Waals surface area contributed by atoms with Gasteiger partial charge in [0.25, 0.3) is 0 Å². The van der Waals surface area contributed by atoms with Gasteiger partial charge < -0.3 is 9.64 Å². The van der Waals surface area contributed by atoms with Crippen LogP contribution in [0.5, 0.6) is 0 Å². The van der Waals surface area contributed by atoms with Gasteiger partial charge in [0.15, 0.2) is 5.78 Å². The Kier molecular flexibility index (Phi) is 10.3. The Bertz CT molecular complexity index is 567. The molecule has 25 heavy (non-hydrogen) atoms. The van der Waals surface area contributed by atoms with Crippen LogP contribution in [0.15, 0.2) is 36.4 Å². The van der Waals surface area contributed by atoms with Crippen molar-refractivity contribution >= 4 is 40.6 Å². The van der Waals surface area contributed by atoms with E-state index in [9.17, 15) is 9.59 Å². The molecular formula is C19H25Cl2NO3. The van der Waals surface area contributed by atoms with Crippen LogP contribution in [0.3, 0.4) is 0 Å². The number of Topliss-reactive ketones (excluding diaryl/α,β-unsaturated/α-hetero) is 1. The van der Waals surface area contributed by atoms with Gasteiger partial charge in [-0.1, -0.05) is 18.7 Å². The van der Waals surface area contributed by atoms with Crippen LogP contribution in [0.25, 0.3) is 0 Å². The van der Waals surface area contributed by atoms with Crippen LogP contribution >= 0.6 is 23.2 Å². The van der Waals surface area contributed by atoms with Gasteiger partial charge in [0, 0.05) is 42.5 Å². The van der Waals surface area contributed by atoms with Crippen molar-refractivity contribution in [2.45, 2.75) is 26.2 Å². The number of ether oxygens (including phenoxy) is 1. The van der Waals surface area contributed by atoms with Crippen LogP contribution in [-0.4, -0.2) is 43.2 Å². The molecule has 0 amide bonds. The number of hydrogen-bond donors (Lipinski definition) is 0. The van der Waals surface area contributed by atoms with E-state index in [1.54, 1.807) is 0 Å². The SMILES string of the molecule is C=C(COC(=O)CCCc1ccc(N(CCCl)CCCl)cc1)C(C)=O. The summed E-state index contributed by atoms with van der Waals surface area (Å²) in [4.78, 5) is 24.8. The molecule has 0 N–H and O–H groups in total. The first-order chi connectivity index (χ1) is 12.0. The Morgan fingerprint density at radius 1 is 1.12 bits per heavy atom. The summed E-state index contributed by atoms with van der Waals surface area (Å²) in [6, 6.07) is 8.19. The Hall–Kier alpha value is -1.52. The maximum atomic E-state index is 11.6. The summed E-state index contributed by atoms with van der Waals surface area (Å²) < 4.78 is 5.02. The molecular weight excluding hydrogens is 361 g/mol. The molecule has 0 saturated heterocycles. The number of aryl methyl sites for hydroxylation is 1. The highest BCUT2D eigenvalue weighted by Crippen LogP contribution is 2.17. The highest BCUT2D eigenvalue weighted by molar-refractivity contribution is 6.18. The second kappa shape index (κ2) is 11.9. The number of hydrogen-bond acceptors (Lipinski definition) is 4. The largest absolute Gasteiger partial charge is 0.461 e. The van der Waals surface area contributed by atoms with E-state index in [1.807, 2.05) is 24.3 Å². The van der Waals surface area contributed by atoms with Crippen molar-refractivity contribution in [1.29, 1.82) is 0 Å². The van der Waals surface area contributed by atoms with E-state index in [4.69, 9.17) is 27.9 Å². The van der Waals surface area contributed by atoms with Gasteiger partial charge in [-0.2, -0.15) is 0 Å². The van der Waals surface area contributed by atoms with Gasteiger partial charge in [-0.05, 0) is 37.5 Å². The number of alkyl halides is 2. The van der Waals surface area contributed by atoms with Crippen molar-refractivity contribution in [3.8, 4) is 0 Å². The molecule has 0 unspecified atom stereocenters. The van der Waals surface area contributed by atoms with E-state index in [0.717, 1.165) is 30.8 Å². The normalized spacial score (nSPS) is 10.4. The highest BCUT2D eigenvalue weighted by atomic mass is 35.5. The molecule has 0 saturated carbocycles. The second-order valence-corrected chi connectivity index (χ2v) is 6.46. The molecule has 0 aliphatic rings. The van der Waals surface area contributed by atoms with Crippen LogP contribution in [-0.2, 0) is 20.7 Å². The summed E-state index contributed by atoms with van der Waals surface area (Å²) in [6.45, 7) is 6.44. The quantitative estimate of drug-likeness (QED) is 0.310. The van der Waals surface area contributed by atoms with Crippen LogP contribution in [0.2, 0.25) is 0 Å². The van der Waals surface area contributed by atoms with Gasteiger partial charge in [0.2, 0.25) is 0 Å². The van der Waals surface area contributed by atoms with Gasteiger partial charge in [0.1, 0.15) is 6.61 Å². The van der Waals surface area contributed by atoms with Crippen molar-refractivity contribution < 1.29 is 14.3 Å². The zero-order chi connectivity index (χ0) is 18.7. The molecule has 1 rings (SSSR count). The van der Waals surface area contributed by atoms with Gasteiger partial charge in [-0.15, -0.1) is 23.2 Å². The van der Waals surface area contributed by atoms with Gasteiger partial charge in [0.05, 0.1) is 0 Å². The lowest BCUT2D eigenvalue weighted by Gasteiger charge is -2.23. The van der Waals surface area contributed by atoms with Crippen LogP contribution in [0, 0.1) is 0 Å². The number of ketones is 1. The van der Waals surface area contributed by atoms with Crippen LogP contribution in [0.1, 0.15) is 25.3 Å². The van der Waals surface area contributed by atoms with E-state index < -0.39 is 0 Å². The minimum absolute atomic E-state index is 0.0279. The molecule has 0 atom stereocenters. The molecule has 0 heterocycles. The maximum Gasteiger partial charge on any atom is 0.306 e. The number of rotatable bonds is 12. The standard InChI is InChI=1S/C19H25Cl2NO3/c1-15(16(2)23)14-25-19(24)5-3-4-17-6-8-18(9-7-17)22(12-10-20)13-11-21/h6-9H,1,3-5,10-14H2,2H3. The van der Waals surface area contributed by atoms with E-state index in [-0.39, 0.29) is 18.4 Å². The molecule has 138 valence electrons. The van der Waals surface area contributed by atoms with E-state index in [0.29, 0.717) is 30.2 Å². The molecule has 1 aromatic carbocycles. The molecule has 6 heteroatoms. The molecule has 0 spiro atoms. The fourth-order valence-corrected chi connectivity index (χ4v) is 2.63. The molecule has 4 nitrogen and oxygen atoms in total. The predicted molar refractivity (Wildman–Crippen MR) is 104 cm³/mol. The van der Waals surface area contributed by atoms with Crippen molar-refractivity contribution in [2.75, 3.05) is 36.4 Å². The van der Waals surface area contributed by atoms with E-state index in [2.05, 4.69) is 11.5 Å². The van der Waals surface area contributed by atoms with Gasteiger partial charge in [-0.25, -0.2) is 0 Å². The molecule has 0 fully saturated rings. The average Bonchev–Trinajstić information content (AvgIpc) is 2.60. The third kappa shape index (κ3) is 8.41. The first-order valence-electron chi connectivity index (χ1n) is 8.28. The molecule has 0 aliphatic carbocycles. The van der Waals surface area contributed by atoms with Gasteiger partial charge in [-0.3, -0.25) is 9.59 Å². The third-order valence-electron chi connectivity index (χ3n) is 3.76. The molecule has 0 bridgehead atoms. The maximum absolute atomic E-state index is 11.6. The molecule has 0 radical (unpaired) electrons. The summed E-state index contributed by atoms with van der Waals surface area (Å²) >= 11 is 11.6. The Balaban J connectivity index is 2.39. The zero-order valence-electron chi connectivity index (χ0n) is 14.6. The number of carbonyl (C=O) groups is 2. The first-order valence-corrected chi connectivity index (χ1v) is 9.35. The average molecular weight is 386 g/mol. The number of esters is 1. The van der Waals surface area contributed by atoms with E-state index in [1.165, 1.54) is 6.92 Å². The molecule has 1 aromatic rings. The minimum atomic E-state index is -0.311. The Morgan fingerprint density at radius 2 is 1.72 bits per heavy atom. The monoisotopic (exact) mass is 385 g/mol. The third-order valence-corrected chi connectivity index (χ3v) is 4.10. The lowest BCUT2D eigenvalue weighted by Crippen LogP contribution is -2.27. The van der Waals surface area contributed by atoms with Crippen molar-refractivity contribution in [2.24, 2.45) is 0 Å². The number of nitrogens with zero attached hydrogens (tertiary/aromatic N) is 1. The topological polar surface area (TPSA) is 46.6 Å². The summed E-state index contributed by atoms with van der Waals surface area (Å²) in [6.07, 6.45) is 1.80. The second-order valence-electron chi connectivity index (χ2n) is 5.71. The highest BCUT2D eigenvalue weighted by Gasteiger charge is 2.08. The summed E-state index contributed by atoms with van der Waals surface area (Å²) in [7, 11) is 0. The number of carbonyl (C=O) groups excluding carboxylic acids is 2. The number of halogens is 2. The fraction of sp³-hybridized carbons (Fsp3) is 0.474. The number of anilines is 1. The van der Waals surface area contributed by atoms with Crippen LogP contribution in [0.4, 0.5) is 5.69 Å². The summed E-state index contributed by atoms with van der Waals surface area (Å²) in [5, 5.41) is 0. The van der Waals surface area contributed by atoms with Crippen molar-refractivity contribution in [3.63, 3.8) is 0 Å². The fourth-order valence-electron chi connectivity index (χ4n) is 2.23. The van der Waals surface area contributed by atoms with Crippen molar-refractivity contribution in [3.05, 3.63) is 42.0 Å². The van der Waals surface area contributed by atoms with Crippen LogP contribution < -0.4 is 4.90 Å². The van der Waals surface area contributed by atoms with Crippen molar-refractivity contribution in [1.82, 2.24) is 0 Å².